The lowest BCUT2D eigenvalue weighted by Gasteiger charge is -2.36. The molecule has 4 nitrogen and oxygen atoms in total. The maximum Gasteiger partial charge on any atom is 0.407 e. The number of hydrogen-bond donors (Lipinski definition) is 2. The zero-order valence-electron chi connectivity index (χ0n) is 15.1. The molecule has 3 aliphatic rings. The van der Waals surface area contributed by atoms with Crippen LogP contribution in [0.5, 0.6) is 0 Å². The van der Waals surface area contributed by atoms with Crippen molar-refractivity contribution in [2.45, 2.75) is 89.8 Å². The molecule has 0 aromatic heterocycles. The van der Waals surface area contributed by atoms with Crippen molar-refractivity contribution in [2.24, 2.45) is 17.8 Å². The Kier molecular flexibility index (Phi) is 5.19. The van der Waals surface area contributed by atoms with Crippen molar-refractivity contribution >= 4 is 6.09 Å². The van der Waals surface area contributed by atoms with E-state index in [-0.39, 0.29) is 6.09 Å². The molecule has 5 unspecified atom stereocenters. The van der Waals surface area contributed by atoms with Gasteiger partial charge in [-0.05, 0) is 70.6 Å². The molecule has 0 saturated heterocycles. The Morgan fingerprint density at radius 1 is 1.04 bits per heavy atom. The molecule has 3 aliphatic carbocycles. The minimum atomic E-state index is -0.419. The van der Waals surface area contributed by atoms with Crippen molar-refractivity contribution in [3.63, 3.8) is 0 Å². The van der Waals surface area contributed by atoms with Gasteiger partial charge in [-0.15, -0.1) is 0 Å². The number of nitrogens with one attached hydrogen (secondary N) is 2. The molecular formula is C19H34N2O2. The van der Waals surface area contributed by atoms with Crippen molar-refractivity contribution in [3.05, 3.63) is 0 Å². The van der Waals surface area contributed by atoms with Gasteiger partial charge in [0, 0.05) is 18.6 Å². The van der Waals surface area contributed by atoms with E-state index >= 15 is 0 Å². The Labute approximate surface area is 141 Å². The highest BCUT2D eigenvalue weighted by atomic mass is 16.6. The Balaban J connectivity index is 1.47. The largest absolute Gasteiger partial charge is 0.444 e. The van der Waals surface area contributed by atoms with Crippen LogP contribution in [0.1, 0.15) is 72.1 Å². The number of fused-ring (bicyclic) bond motifs is 2. The first-order valence-electron chi connectivity index (χ1n) is 9.63. The minimum Gasteiger partial charge on any atom is -0.444 e. The fraction of sp³-hybridized carbons (Fsp3) is 0.947. The van der Waals surface area contributed by atoms with Crippen LogP contribution in [0.25, 0.3) is 0 Å². The Hall–Kier alpha value is -0.770. The topological polar surface area (TPSA) is 50.4 Å². The van der Waals surface area contributed by atoms with E-state index in [1.165, 1.54) is 51.4 Å². The highest BCUT2D eigenvalue weighted by Gasteiger charge is 2.41. The molecule has 5 atom stereocenters. The van der Waals surface area contributed by atoms with Gasteiger partial charge in [-0.3, -0.25) is 0 Å². The lowest BCUT2D eigenvalue weighted by molar-refractivity contribution is 0.0509. The van der Waals surface area contributed by atoms with Crippen LogP contribution in [0.3, 0.4) is 0 Å². The lowest BCUT2D eigenvalue weighted by Crippen LogP contribution is -2.49. The average molecular weight is 322 g/mol. The smallest absolute Gasteiger partial charge is 0.407 e. The van der Waals surface area contributed by atoms with Crippen molar-refractivity contribution in [1.29, 1.82) is 0 Å². The molecule has 2 bridgehead atoms. The van der Waals surface area contributed by atoms with E-state index in [0.717, 1.165) is 24.4 Å². The van der Waals surface area contributed by atoms with Crippen LogP contribution in [0.2, 0.25) is 0 Å². The molecule has 0 radical (unpaired) electrons. The first-order chi connectivity index (χ1) is 10.9. The first-order valence-corrected chi connectivity index (χ1v) is 9.63. The number of alkyl carbamates (subject to hydrolysis) is 1. The standard InChI is InChI=1S/C19H34N2O2/c1-19(2,3)23-18(22)20-12-15-6-4-5-7-16(15)21-17-11-13-8-9-14(17)10-13/h13-17,21H,4-12H2,1-3H3,(H,20,22). The number of carbonyl (C=O) groups excluding carboxylic acids is 1. The van der Waals surface area contributed by atoms with Gasteiger partial charge >= 0.3 is 6.09 Å². The maximum absolute atomic E-state index is 11.9. The average Bonchev–Trinajstić information content (AvgIpc) is 3.07. The minimum absolute atomic E-state index is 0.276. The van der Waals surface area contributed by atoms with E-state index in [1.807, 2.05) is 20.8 Å². The molecule has 2 N–H and O–H groups in total. The summed E-state index contributed by atoms with van der Waals surface area (Å²) in [6.45, 7) is 6.47. The second-order valence-electron chi connectivity index (χ2n) is 8.98. The van der Waals surface area contributed by atoms with Crippen molar-refractivity contribution in [3.8, 4) is 0 Å². The number of ether oxygens (including phenoxy) is 1. The number of amides is 1. The fourth-order valence-electron chi connectivity index (χ4n) is 4.92. The van der Waals surface area contributed by atoms with Gasteiger partial charge in [-0.1, -0.05) is 19.3 Å². The lowest BCUT2D eigenvalue weighted by atomic mass is 9.83. The van der Waals surface area contributed by atoms with Crippen LogP contribution in [0.15, 0.2) is 0 Å². The van der Waals surface area contributed by atoms with Crippen LogP contribution in [0.4, 0.5) is 4.79 Å². The van der Waals surface area contributed by atoms with Crippen molar-refractivity contribution < 1.29 is 9.53 Å². The van der Waals surface area contributed by atoms with Gasteiger partial charge in [0.15, 0.2) is 0 Å². The van der Waals surface area contributed by atoms with Crippen molar-refractivity contribution in [1.82, 2.24) is 10.6 Å². The van der Waals surface area contributed by atoms with Gasteiger partial charge in [0.25, 0.3) is 0 Å². The zero-order chi connectivity index (χ0) is 16.4. The maximum atomic E-state index is 11.9. The summed E-state index contributed by atoms with van der Waals surface area (Å²) in [5.74, 6) is 2.45. The SMILES string of the molecule is CC(C)(C)OC(=O)NCC1CCCCC1NC1CC2CCC1C2. The second-order valence-corrected chi connectivity index (χ2v) is 8.98. The van der Waals surface area contributed by atoms with Gasteiger partial charge in [-0.2, -0.15) is 0 Å². The van der Waals surface area contributed by atoms with E-state index in [2.05, 4.69) is 10.6 Å². The predicted octanol–water partition coefficient (Wildman–Crippen LogP) is 3.85. The van der Waals surface area contributed by atoms with E-state index in [4.69, 9.17) is 4.74 Å². The first kappa shape index (κ1) is 17.1. The summed E-state index contributed by atoms with van der Waals surface area (Å²) in [5, 5.41) is 6.98. The van der Waals surface area contributed by atoms with E-state index < -0.39 is 5.60 Å². The zero-order valence-corrected chi connectivity index (χ0v) is 15.1. The number of hydrogen-bond acceptors (Lipinski definition) is 3. The summed E-state index contributed by atoms with van der Waals surface area (Å²) in [6.07, 6.45) is 10.5. The molecule has 23 heavy (non-hydrogen) atoms. The van der Waals surface area contributed by atoms with Gasteiger partial charge in [0.05, 0.1) is 0 Å². The summed E-state index contributed by atoms with van der Waals surface area (Å²) >= 11 is 0. The summed E-state index contributed by atoms with van der Waals surface area (Å²) in [7, 11) is 0. The summed E-state index contributed by atoms with van der Waals surface area (Å²) < 4.78 is 5.37. The molecule has 0 aliphatic heterocycles. The van der Waals surface area contributed by atoms with Crippen LogP contribution >= 0.6 is 0 Å². The Bertz CT molecular complexity index is 418. The second kappa shape index (κ2) is 7.00. The molecule has 0 heterocycles. The highest BCUT2D eigenvalue weighted by Crippen LogP contribution is 2.45. The third-order valence-corrected chi connectivity index (χ3v) is 5.98. The molecule has 132 valence electrons. The molecule has 0 aromatic rings. The van der Waals surface area contributed by atoms with E-state index in [1.54, 1.807) is 0 Å². The third kappa shape index (κ3) is 4.62. The quantitative estimate of drug-likeness (QED) is 0.826. The monoisotopic (exact) mass is 322 g/mol. The van der Waals surface area contributed by atoms with Gasteiger partial charge in [-0.25, -0.2) is 4.79 Å². The number of rotatable bonds is 4. The Morgan fingerprint density at radius 2 is 1.83 bits per heavy atom. The van der Waals surface area contributed by atoms with Gasteiger partial charge < -0.3 is 15.4 Å². The fourth-order valence-corrected chi connectivity index (χ4v) is 4.92. The molecule has 3 fully saturated rings. The van der Waals surface area contributed by atoms with Gasteiger partial charge in [0.2, 0.25) is 0 Å². The van der Waals surface area contributed by atoms with E-state index in [0.29, 0.717) is 12.0 Å². The third-order valence-electron chi connectivity index (χ3n) is 5.98. The molecular weight excluding hydrogens is 288 g/mol. The molecule has 0 spiro atoms. The molecule has 1 amide bonds. The summed E-state index contributed by atoms with van der Waals surface area (Å²) in [4.78, 5) is 11.9. The predicted molar refractivity (Wildman–Crippen MR) is 92.4 cm³/mol. The normalized spacial score (nSPS) is 36.9. The van der Waals surface area contributed by atoms with Crippen LogP contribution in [-0.2, 0) is 4.74 Å². The van der Waals surface area contributed by atoms with Crippen molar-refractivity contribution in [2.75, 3.05) is 6.54 Å². The Morgan fingerprint density at radius 3 is 2.48 bits per heavy atom. The molecule has 3 rings (SSSR count). The summed E-state index contributed by atoms with van der Waals surface area (Å²) in [5.41, 5.74) is -0.419. The molecule has 3 saturated carbocycles. The molecule has 4 heteroatoms. The van der Waals surface area contributed by atoms with Gasteiger partial charge in [0.1, 0.15) is 5.60 Å². The highest BCUT2D eigenvalue weighted by molar-refractivity contribution is 5.67. The van der Waals surface area contributed by atoms with E-state index in [9.17, 15) is 4.79 Å². The molecule has 0 aromatic carbocycles. The van der Waals surface area contributed by atoms with Crippen LogP contribution in [-0.4, -0.2) is 30.3 Å². The summed E-state index contributed by atoms with van der Waals surface area (Å²) in [6, 6.07) is 1.31. The number of carbonyl (C=O) groups is 1. The van der Waals surface area contributed by atoms with Crippen LogP contribution in [0, 0.1) is 17.8 Å². The van der Waals surface area contributed by atoms with Crippen LogP contribution < -0.4 is 10.6 Å².